The Morgan fingerprint density at radius 1 is 1.21 bits per heavy atom. The lowest BCUT2D eigenvalue weighted by molar-refractivity contribution is -0.403. The van der Waals surface area contributed by atoms with Crippen LogP contribution in [0, 0.1) is 16.0 Å². The summed E-state index contributed by atoms with van der Waals surface area (Å²) in [5.41, 5.74) is 2.61. The van der Waals surface area contributed by atoms with Crippen molar-refractivity contribution in [1.82, 2.24) is 10.2 Å². The molecular formula is C25H33N4O3P. The Hall–Kier alpha value is -2.76. The molecule has 1 unspecified atom stereocenters. The molecule has 0 spiro atoms. The highest BCUT2D eigenvalue weighted by Crippen LogP contribution is 2.21. The van der Waals surface area contributed by atoms with Gasteiger partial charge in [-0.1, -0.05) is 36.4 Å². The molecule has 7 nitrogen and oxygen atoms in total. The second-order valence-electron chi connectivity index (χ2n) is 8.60. The minimum Gasteiger partial charge on any atom is -0.366 e. The van der Waals surface area contributed by atoms with Crippen molar-refractivity contribution < 1.29 is 9.72 Å². The first kappa shape index (κ1) is 24.9. The number of benzene rings is 2. The Balaban J connectivity index is 1.40. The molecule has 0 aliphatic carbocycles. The Labute approximate surface area is 198 Å². The molecule has 0 amide bonds. The van der Waals surface area contributed by atoms with Gasteiger partial charge in [0.1, 0.15) is 0 Å². The second-order valence-corrected chi connectivity index (χ2v) is 9.27. The van der Waals surface area contributed by atoms with E-state index in [1.54, 1.807) is 24.3 Å². The third kappa shape index (κ3) is 8.60. The van der Waals surface area contributed by atoms with Crippen LogP contribution in [0.2, 0.25) is 0 Å². The van der Waals surface area contributed by atoms with Gasteiger partial charge < -0.3 is 15.5 Å². The quantitative estimate of drug-likeness (QED) is 0.171. The maximum atomic E-state index is 11.6. The number of carbonyl (C=O) groups is 1. The van der Waals surface area contributed by atoms with Crippen LogP contribution in [0.4, 0.5) is 5.69 Å². The van der Waals surface area contributed by atoms with E-state index in [-0.39, 0.29) is 5.78 Å². The number of nitrogens with one attached hydrogen (secondary N) is 2. The Bertz CT molecular complexity index is 970. The molecule has 0 bridgehead atoms. The van der Waals surface area contributed by atoms with Gasteiger partial charge in [-0.25, -0.2) is 0 Å². The number of likely N-dealkylation sites (tertiary alicyclic amines) is 1. The lowest BCUT2D eigenvalue weighted by atomic mass is 9.90. The van der Waals surface area contributed by atoms with Gasteiger partial charge in [-0.05, 0) is 81.2 Å². The number of Topliss-reactive ketones (excluding diaryl/α,β-unsaturated/α-hetero) is 1. The van der Waals surface area contributed by atoms with Crippen LogP contribution in [0.5, 0.6) is 0 Å². The zero-order valence-corrected chi connectivity index (χ0v) is 20.3. The number of anilines is 1. The lowest BCUT2D eigenvalue weighted by Gasteiger charge is -2.32. The zero-order valence-electron chi connectivity index (χ0n) is 19.1. The summed E-state index contributed by atoms with van der Waals surface area (Å²) < 4.78 is 0. The van der Waals surface area contributed by atoms with E-state index in [1.165, 1.54) is 30.6 Å². The van der Waals surface area contributed by atoms with Crippen molar-refractivity contribution in [1.29, 1.82) is 0 Å². The van der Waals surface area contributed by atoms with E-state index in [0.29, 0.717) is 23.6 Å². The maximum Gasteiger partial charge on any atom is 0.274 e. The van der Waals surface area contributed by atoms with Gasteiger partial charge in [0, 0.05) is 17.8 Å². The summed E-state index contributed by atoms with van der Waals surface area (Å²) in [6.07, 6.45) is 5.37. The van der Waals surface area contributed by atoms with E-state index in [1.807, 2.05) is 0 Å². The van der Waals surface area contributed by atoms with Crippen LogP contribution in [0.15, 0.2) is 60.6 Å². The summed E-state index contributed by atoms with van der Waals surface area (Å²) in [6.45, 7) is 5.28. The van der Waals surface area contributed by atoms with Gasteiger partial charge in [0.25, 0.3) is 6.20 Å². The van der Waals surface area contributed by atoms with E-state index in [2.05, 4.69) is 49.0 Å². The molecule has 1 heterocycles. The first-order chi connectivity index (χ1) is 15.9. The van der Waals surface area contributed by atoms with Crippen molar-refractivity contribution in [3.8, 4) is 0 Å². The minimum atomic E-state index is -0.484. The number of carbonyl (C=O) groups excluding carboxylic acids is 1. The van der Waals surface area contributed by atoms with Crippen molar-refractivity contribution in [3.05, 3.63) is 81.8 Å². The van der Waals surface area contributed by atoms with Gasteiger partial charge in [0.15, 0.2) is 11.6 Å². The molecule has 2 N–H and O–H groups in total. The van der Waals surface area contributed by atoms with E-state index < -0.39 is 4.92 Å². The summed E-state index contributed by atoms with van der Waals surface area (Å²) >= 11 is 0. The number of hydrogen-bond acceptors (Lipinski definition) is 6. The second kappa shape index (κ2) is 12.5. The number of piperidine rings is 1. The number of ketones is 1. The van der Waals surface area contributed by atoms with Crippen molar-refractivity contribution >= 4 is 26.0 Å². The maximum absolute atomic E-state index is 11.6. The predicted molar refractivity (Wildman–Crippen MR) is 136 cm³/mol. The predicted octanol–water partition coefficient (Wildman–Crippen LogP) is 3.81. The highest BCUT2D eigenvalue weighted by Gasteiger charge is 2.19. The fourth-order valence-corrected chi connectivity index (χ4v) is 4.32. The average Bonchev–Trinajstić information content (AvgIpc) is 2.79. The zero-order chi connectivity index (χ0) is 23.6. The fraction of sp³-hybridized carbons (Fsp3) is 0.400. The highest BCUT2D eigenvalue weighted by atomic mass is 31.0. The fourth-order valence-electron chi connectivity index (χ4n) is 4.13. The molecule has 1 aliphatic heterocycles. The molecule has 176 valence electrons. The van der Waals surface area contributed by atoms with Gasteiger partial charge in [-0.15, -0.1) is 9.24 Å². The number of hydrogen-bond donors (Lipinski definition) is 2. The summed E-state index contributed by atoms with van der Waals surface area (Å²) in [7, 11) is 2.73. The minimum absolute atomic E-state index is 0.0480. The van der Waals surface area contributed by atoms with Crippen molar-refractivity contribution in [3.63, 3.8) is 0 Å². The monoisotopic (exact) mass is 468 g/mol. The van der Waals surface area contributed by atoms with Gasteiger partial charge in [-0.3, -0.25) is 14.9 Å². The summed E-state index contributed by atoms with van der Waals surface area (Å²) in [4.78, 5) is 24.6. The van der Waals surface area contributed by atoms with Crippen LogP contribution in [-0.2, 0) is 6.42 Å². The number of rotatable bonds is 11. The molecule has 2 aromatic carbocycles. The van der Waals surface area contributed by atoms with Gasteiger partial charge >= 0.3 is 0 Å². The van der Waals surface area contributed by atoms with Crippen LogP contribution < -0.4 is 15.9 Å². The SMILES string of the molecule is CC(=O)c1cccc(N/C(=C/[N+](=O)[O-])NCCCN2CCC(Cc3ccc(P)cc3)CC2)c1. The van der Waals surface area contributed by atoms with E-state index in [0.717, 1.165) is 44.6 Å². The van der Waals surface area contributed by atoms with Crippen molar-refractivity contribution in [2.24, 2.45) is 5.92 Å². The van der Waals surface area contributed by atoms with Crippen LogP contribution in [-0.4, -0.2) is 41.8 Å². The molecule has 3 rings (SSSR count). The van der Waals surface area contributed by atoms with E-state index in [4.69, 9.17) is 0 Å². The van der Waals surface area contributed by atoms with Crippen LogP contribution >= 0.6 is 9.24 Å². The molecule has 0 aromatic heterocycles. The lowest BCUT2D eigenvalue weighted by Crippen LogP contribution is -2.36. The number of nitro groups is 1. The molecule has 2 aromatic rings. The highest BCUT2D eigenvalue weighted by molar-refractivity contribution is 7.27. The molecule has 8 heteroatoms. The Kier molecular flexibility index (Phi) is 9.40. The topological polar surface area (TPSA) is 87.5 Å². The third-order valence-electron chi connectivity index (χ3n) is 5.96. The largest absolute Gasteiger partial charge is 0.366 e. The first-order valence-corrected chi connectivity index (χ1v) is 12.0. The van der Waals surface area contributed by atoms with Crippen LogP contribution in [0.3, 0.4) is 0 Å². The van der Waals surface area contributed by atoms with Gasteiger partial charge in [-0.2, -0.15) is 0 Å². The van der Waals surface area contributed by atoms with Crippen LogP contribution in [0.25, 0.3) is 0 Å². The van der Waals surface area contributed by atoms with Crippen molar-refractivity contribution in [2.75, 3.05) is 31.5 Å². The van der Waals surface area contributed by atoms with Crippen molar-refractivity contribution in [2.45, 2.75) is 32.6 Å². The molecule has 1 aliphatic rings. The number of nitrogens with zero attached hydrogens (tertiary/aromatic N) is 2. The molecule has 33 heavy (non-hydrogen) atoms. The average molecular weight is 469 g/mol. The molecule has 1 atom stereocenters. The third-order valence-corrected chi connectivity index (χ3v) is 6.35. The first-order valence-electron chi connectivity index (χ1n) is 11.4. The van der Waals surface area contributed by atoms with Gasteiger partial charge in [0.05, 0.1) is 4.92 Å². The summed E-state index contributed by atoms with van der Waals surface area (Å²) in [5, 5.41) is 18.4. The molecule has 0 saturated carbocycles. The smallest absolute Gasteiger partial charge is 0.274 e. The summed E-state index contributed by atoms with van der Waals surface area (Å²) in [5.74, 6) is 1.00. The standard InChI is InChI=1S/C25H33N4O3P/c1-19(30)22-4-2-5-23(17-22)27-25(18-29(31)32)26-12-3-13-28-14-10-21(11-15-28)16-20-6-8-24(33)9-7-20/h2,4-9,17-18,21,26-27H,3,10-16,33H2,1H3/b25-18+. The molecule has 1 fully saturated rings. The molecular weight excluding hydrogens is 435 g/mol. The Morgan fingerprint density at radius 3 is 2.61 bits per heavy atom. The van der Waals surface area contributed by atoms with Crippen LogP contribution in [0.1, 0.15) is 42.1 Å². The van der Waals surface area contributed by atoms with E-state index >= 15 is 0 Å². The molecule has 1 saturated heterocycles. The molecule has 0 radical (unpaired) electrons. The normalized spacial score (nSPS) is 15.3. The summed E-state index contributed by atoms with van der Waals surface area (Å²) in [6, 6.07) is 15.7. The Morgan fingerprint density at radius 2 is 1.94 bits per heavy atom. The van der Waals surface area contributed by atoms with E-state index in [9.17, 15) is 14.9 Å². The van der Waals surface area contributed by atoms with Gasteiger partial charge in [0.2, 0.25) is 0 Å².